The van der Waals surface area contributed by atoms with Crippen molar-refractivity contribution in [3.05, 3.63) is 18.1 Å². The highest BCUT2D eigenvalue weighted by Crippen LogP contribution is 2.19. The molecule has 0 aromatic carbocycles. The summed E-state index contributed by atoms with van der Waals surface area (Å²) in [5.74, 6) is 0.754. The number of anilines is 1. The van der Waals surface area contributed by atoms with Crippen molar-refractivity contribution in [3.8, 4) is 0 Å². The van der Waals surface area contributed by atoms with Crippen LogP contribution >= 0.6 is 0 Å². The van der Waals surface area contributed by atoms with E-state index >= 15 is 0 Å². The van der Waals surface area contributed by atoms with Crippen LogP contribution in [0.4, 0.5) is 5.82 Å². The Morgan fingerprint density at radius 3 is 2.38 bits per heavy atom. The number of amidine groups is 1. The van der Waals surface area contributed by atoms with Crippen molar-refractivity contribution >= 4 is 11.7 Å². The van der Waals surface area contributed by atoms with E-state index in [2.05, 4.69) is 14.9 Å². The fourth-order valence-electron chi connectivity index (χ4n) is 2.03. The fourth-order valence-corrected chi connectivity index (χ4v) is 2.03. The van der Waals surface area contributed by atoms with Crippen molar-refractivity contribution in [2.75, 3.05) is 18.0 Å². The number of hydrogen-bond acceptors (Lipinski definition) is 4. The standard InChI is InChI=1S/C11H17N5/c12-10(13)9-11(15-6-5-14-9)16-7-3-1-2-4-8-16/h5-6H,1-4,7-8H2,(H3,12,13). The van der Waals surface area contributed by atoms with Gasteiger partial charge in [0, 0.05) is 25.5 Å². The molecule has 1 aromatic rings. The number of nitrogens with two attached hydrogens (primary N) is 1. The van der Waals surface area contributed by atoms with E-state index in [-0.39, 0.29) is 5.84 Å². The molecule has 5 heteroatoms. The Hall–Kier alpha value is -1.65. The molecule has 86 valence electrons. The highest BCUT2D eigenvalue weighted by atomic mass is 15.2. The number of hydrogen-bond donors (Lipinski definition) is 2. The van der Waals surface area contributed by atoms with Gasteiger partial charge in [0.2, 0.25) is 0 Å². The van der Waals surface area contributed by atoms with Crippen LogP contribution < -0.4 is 10.6 Å². The lowest BCUT2D eigenvalue weighted by molar-refractivity contribution is 0.726. The second-order valence-corrected chi connectivity index (χ2v) is 4.04. The Morgan fingerprint density at radius 2 is 1.75 bits per heavy atom. The molecule has 0 radical (unpaired) electrons. The number of nitrogen functional groups attached to an aromatic ring is 1. The largest absolute Gasteiger partial charge is 0.382 e. The van der Waals surface area contributed by atoms with Crippen LogP contribution in [0.25, 0.3) is 0 Å². The van der Waals surface area contributed by atoms with E-state index in [0.717, 1.165) is 18.9 Å². The monoisotopic (exact) mass is 219 g/mol. The minimum atomic E-state index is -0.00709. The first kappa shape index (κ1) is 10.9. The van der Waals surface area contributed by atoms with Gasteiger partial charge in [-0.15, -0.1) is 0 Å². The van der Waals surface area contributed by atoms with E-state index in [1.165, 1.54) is 25.7 Å². The van der Waals surface area contributed by atoms with Crippen molar-refractivity contribution in [3.63, 3.8) is 0 Å². The van der Waals surface area contributed by atoms with Gasteiger partial charge in [0.25, 0.3) is 0 Å². The van der Waals surface area contributed by atoms with Gasteiger partial charge < -0.3 is 10.6 Å². The molecule has 0 saturated carbocycles. The van der Waals surface area contributed by atoms with Crippen LogP contribution in [0.2, 0.25) is 0 Å². The van der Waals surface area contributed by atoms with Crippen LogP contribution in [-0.2, 0) is 0 Å². The summed E-state index contributed by atoms with van der Waals surface area (Å²) in [6.07, 6.45) is 8.13. The van der Waals surface area contributed by atoms with E-state index in [0.29, 0.717) is 5.69 Å². The predicted molar refractivity (Wildman–Crippen MR) is 63.7 cm³/mol. The van der Waals surface area contributed by atoms with Gasteiger partial charge in [0.1, 0.15) is 11.5 Å². The molecular formula is C11H17N5. The third-order valence-corrected chi connectivity index (χ3v) is 2.84. The molecular weight excluding hydrogens is 202 g/mol. The smallest absolute Gasteiger partial charge is 0.158 e. The van der Waals surface area contributed by atoms with E-state index in [1.54, 1.807) is 12.4 Å². The molecule has 1 saturated heterocycles. The molecule has 0 spiro atoms. The molecule has 0 atom stereocenters. The summed E-state index contributed by atoms with van der Waals surface area (Å²) in [7, 11) is 0. The Labute approximate surface area is 95.2 Å². The van der Waals surface area contributed by atoms with Gasteiger partial charge in [-0.3, -0.25) is 5.41 Å². The molecule has 1 aromatic heterocycles. The lowest BCUT2D eigenvalue weighted by atomic mass is 10.2. The minimum absolute atomic E-state index is 0.00709. The summed E-state index contributed by atoms with van der Waals surface area (Å²) in [5, 5.41) is 7.50. The Morgan fingerprint density at radius 1 is 1.12 bits per heavy atom. The summed E-state index contributed by atoms with van der Waals surface area (Å²) in [4.78, 5) is 10.6. The molecule has 2 heterocycles. The first-order chi connectivity index (χ1) is 7.79. The fraction of sp³-hybridized carbons (Fsp3) is 0.545. The van der Waals surface area contributed by atoms with E-state index in [1.807, 2.05) is 0 Å². The van der Waals surface area contributed by atoms with Gasteiger partial charge in [-0.05, 0) is 12.8 Å². The average Bonchev–Trinajstić information content (AvgIpc) is 2.57. The average molecular weight is 219 g/mol. The zero-order chi connectivity index (χ0) is 11.4. The van der Waals surface area contributed by atoms with Crippen LogP contribution in [0.5, 0.6) is 0 Å². The maximum absolute atomic E-state index is 7.50. The number of nitrogens with zero attached hydrogens (tertiary/aromatic N) is 3. The summed E-state index contributed by atoms with van der Waals surface area (Å²) in [6, 6.07) is 0. The molecule has 0 unspecified atom stereocenters. The van der Waals surface area contributed by atoms with Crippen molar-refractivity contribution in [1.29, 1.82) is 5.41 Å². The van der Waals surface area contributed by atoms with Crippen molar-refractivity contribution < 1.29 is 0 Å². The zero-order valence-electron chi connectivity index (χ0n) is 9.32. The second kappa shape index (κ2) is 4.92. The Balaban J connectivity index is 2.27. The second-order valence-electron chi connectivity index (χ2n) is 4.04. The molecule has 1 fully saturated rings. The lowest BCUT2D eigenvalue weighted by Crippen LogP contribution is -2.29. The first-order valence-corrected chi connectivity index (χ1v) is 5.69. The van der Waals surface area contributed by atoms with Crippen LogP contribution in [0.3, 0.4) is 0 Å². The molecule has 3 N–H and O–H groups in total. The van der Waals surface area contributed by atoms with E-state index < -0.39 is 0 Å². The molecule has 1 aliphatic rings. The Kier molecular flexibility index (Phi) is 3.34. The summed E-state index contributed by atoms with van der Waals surface area (Å²) in [5.41, 5.74) is 6.02. The van der Waals surface area contributed by atoms with Crippen LogP contribution in [0, 0.1) is 5.41 Å². The third-order valence-electron chi connectivity index (χ3n) is 2.84. The molecule has 16 heavy (non-hydrogen) atoms. The van der Waals surface area contributed by atoms with Gasteiger partial charge in [-0.2, -0.15) is 0 Å². The quantitative estimate of drug-likeness (QED) is 0.577. The van der Waals surface area contributed by atoms with Crippen LogP contribution in [0.1, 0.15) is 31.4 Å². The van der Waals surface area contributed by atoms with Crippen molar-refractivity contribution in [1.82, 2.24) is 9.97 Å². The maximum Gasteiger partial charge on any atom is 0.158 e. The molecule has 5 nitrogen and oxygen atoms in total. The van der Waals surface area contributed by atoms with Gasteiger partial charge >= 0.3 is 0 Å². The summed E-state index contributed by atoms with van der Waals surface area (Å²) in [6.45, 7) is 1.97. The van der Waals surface area contributed by atoms with Gasteiger partial charge in [0.05, 0.1) is 0 Å². The predicted octanol–water partition coefficient (Wildman–Crippen LogP) is 1.14. The van der Waals surface area contributed by atoms with Crippen molar-refractivity contribution in [2.24, 2.45) is 5.73 Å². The maximum atomic E-state index is 7.50. The van der Waals surface area contributed by atoms with Gasteiger partial charge in [-0.1, -0.05) is 12.8 Å². The summed E-state index contributed by atoms with van der Waals surface area (Å²) >= 11 is 0. The number of nitrogens with one attached hydrogen (secondary N) is 1. The number of rotatable bonds is 2. The highest BCUT2D eigenvalue weighted by molar-refractivity contribution is 5.97. The molecule has 0 aliphatic carbocycles. The third kappa shape index (κ3) is 2.29. The molecule has 1 aliphatic heterocycles. The highest BCUT2D eigenvalue weighted by Gasteiger charge is 2.16. The number of aromatic nitrogens is 2. The molecule has 0 amide bonds. The first-order valence-electron chi connectivity index (χ1n) is 5.69. The van der Waals surface area contributed by atoms with E-state index in [9.17, 15) is 0 Å². The topological polar surface area (TPSA) is 78.9 Å². The van der Waals surface area contributed by atoms with Crippen molar-refractivity contribution in [2.45, 2.75) is 25.7 Å². The normalized spacial score (nSPS) is 16.9. The SMILES string of the molecule is N=C(N)c1nccnc1N1CCCCCC1. The van der Waals surface area contributed by atoms with Gasteiger partial charge in [-0.25, -0.2) is 9.97 Å². The lowest BCUT2D eigenvalue weighted by Gasteiger charge is -2.22. The van der Waals surface area contributed by atoms with Crippen LogP contribution in [0.15, 0.2) is 12.4 Å². The molecule has 0 bridgehead atoms. The minimum Gasteiger partial charge on any atom is -0.382 e. The van der Waals surface area contributed by atoms with Gasteiger partial charge in [0.15, 0.2) is 5.82 Å². The summed E-state index contributed by atoms with van der Waals surface area (Å²) < 4.78 is 0. The zero-order valence-corrected chi connectivity index (χ0v) is 9.32. The van der Waals surface area contributed by atoms with E-state index in [4.69, 9.17) is 11.1 Å². The Bertz CT molecular complexity index is 368. The van der Waals surface area contributed by atoms with Crippen LogP contribution in [-0.4, -0.2) is 28.9 Å². The molecule has 2 rings (SSSR count).